The Morgan fingerprint density at radius 3 is 2.95 bits per heavy atom. The van der Waals surface area contributed by atoms with Crippen LogP contribution in [0, 0.1) is 6.92 Å². The second-order valence-electron chi connectivity index (χ2n) is 5.10. The molecule has 2 N–H and O–H groups in total. The van der Waals surface area contributed by atoms with E-state index in [1.807, 2.05) is 32.2 Å². The summed E-state index contributed by atoms with van der Waals surface area (Å²) in [6.45, 7) is 9.96. The van der Waals surface area contributed by atoms with Gasteiger partial charge in [0, 0.05) is 30.6 Å². The van der Waals surface area contributed by atoms with Crippen LogP contribution in [0.15, 0.2) is 46.2 Å². The summed E-state index contributed by atoms with van der Waals surface area (Å²) in [5.41, 5.74) is 1.06. The SMILES string of the molecule is C=C(C)CNC(=NCc1ncc(C)s1)NCCc1ccco1. The van der Waals surface area contributed by atoms with Crippen LogP contribution < -0.4 is 10.6 Å². The molecular formula is C16H22N4OS. The minimum absolute atomic E-state index is 0.574. The van der Waals surface area contributed by atoms with Gasteiger partial charge in [-0.05, 0) is 26.0 Å². The Kier molecular flexibility index (Phi) is 6.21. The van der Waals surface area contributed by atoms with Gasteiger partial charge in [-0.2, -0.15) is 0 Å². The summed E-state index contributed by atoms with van der Waals surface area (Å²) < 4.78 is 5.32. The van der Waals surface area contributed by atoms with Gasteiger partial charge in [0.15, 0.2) is 5.96 Å². The molecule has 118 valence electrons. The second kappa shape index (κ2) is 8.38. The summed E-state index contributed by atoms with van der Waals surface area (Å²) in [6.07, 6.45) is 4.38. The van der Waals surface area contributed by atoms with Crippen molar-refractivity contribution in [3.63, 3.8) is 0 Å². The number of aromatic nitrogens is 1. The van der Waals surface area contributed by atoms with Crippen molar-refractivity contribution >= 4 is 17.3 Å². The molecule has 2 aromatic rings. The fraction of sp³-hybridized carbons (Fsp3) is 0.375. The van der Waals surface area contributed by atoms with E-state index in [0.717, 1.165) is 35.3 Å². The van der Waals surface area contributed by atoms with E-state index < -0.39 is 0 Å². The molecule has 0 aliphatic rings. The van der Waals surface area contributed by atoms with Gasteiger partial charge in [-0.15, -0.1) is 11.3 Å². The van der Waals surface area contributed by atoms with Crippen LogP contribution in [0.3, 0.4) is 0 Å². The normalized spacial score (nSPS) is 11.5. The van der Waals surface area contributed by atoms with Crippen molar-refractivity contribution in [1.82, 2.24) is 15.6 Å². The molecule has 0 amide bonds. The molecule has 2 rings (SSSR count). The summed E-state index contributed by atoms with van der Waals surface area (Å²) in [6, 6.07) is 3.87. The third-order valence-corrected chi connectivity index (χ3v) is 3.74. The van der Waals surface area contributed by atoms with Crippen LogP contribution in [0.5, 0.6) is 0 Å². The maximum atomic E-state index is 5.32. The summed E-state index contributed by atoms with van der Waals surface area (Å²) in [7, 11) is 0. The largest absolute Gasteiger partial charge is 0.469 e. The van der Waals surface area contributed by atoms with Gasteiger partial charge in [-0.25, -0.2) is 9.98 Å². The lowest BCUT2D eigenvalue weighted by atomic mass is 10.3. The first-order valence-electron chi connectivity index (χ1n) is 7.24. The fourth-order valence-electron chi connectivity index (χ4n) is 1.79. The Morgan fingerprint density at radius 2 is 2.32 bits per heavy atom. The lowest BCUT2D eigenvalue weighted by molar-refractivity contribution is 0.507. The molecule has 0 atom stereocenters. The number of hydrogen-bond donors (Lipinski definition) is 2. The molecule has 0 aromatic carbocycles. The highest BCUT2D eigenvalue weighted by molar-refractivity contribution is 7.11. The first-order valence-corrected chi connectivity index (χ1v) is 8.05. The van der Waals surface area contributed by atoms with E-state index in [0.29, 0.717) is 13.1 Å². The number of nitrogens with one attached hydrogen (secondary N) is 2. The molecule has 0 saturated heterocycles. The molecule has 0 bridgehead atoms. The number of guanidine groups is 1. The predicted octanol–water partition coefficient (Wildman–Crippen LogP) is 2.90. The predicted molar refractivity (Wildman–Crippen MR) is 91.2 cm³/mol. The Hall–Kier alpha value is -2.08. The van der Waals surface area contributed by atoms with E-state index in [-0.39, 0.29) is 0 Å². The van der Waals surface area contributed by atoms with Crippen LogP contribution in [0.2, 0.25) is 0 Å². The summed E-state index contributed by atoms with van der Waals surface area (Å²) in [5, 5.41) is 7.58. The maximum absolute atomic E-state index is 5.32. The minimum atomic E-state index is 0.574. The number of rotatable bonds is 7. The molecule has 5 nitrogen and oxygen atoms in total. The highest BCUT2D eigenvalue weighted by Gasteiger charge is 2.02. The average Bonchev–Trinajstić information content (AvgIpc) is 3.12. The van der Waals surface area contributed by atoms with E-state index in [4.69, 9.17) is 4.42 Å². The standard InChI is InChI=1S/C16H22N4OS/c1-12(2)9-19-16(17-7-6-14-5-4-8-21-14)20-11-15-18-10-13(3)22-15/h4-5,8,10H,1,6-7,9,11H2,2-3H3,(H2,17,19,20). The quantitative estimate of drug-likeness (QED) is 0.468. The van der Waals surface area contributed by atoms with Crippen LogP contribution in [-0.4, -0.2) is 24.0 Å². The minimum Gasteiger partial charge on any atom is -0.469 e. The van der Waals surface area contributed by atoms with Crippen molar-refractivity contribution in [2.24, 2.45) is 4.99 Å². The van der Waals surface area contributed by atoms with Gasteiger partial charge in [0.2, 0.25) is 0 Å². The second-order valence-corrected chi connectivity index (χ2v) is 6.42. The first-order chi connectivity index (χ1) is 10.6. The van der Waals surface area contributed by atoms with E-state index >= 15 is 0 Å². The molecule has 0 aliphatic carbocycles. The van der Waals surface area contributed by atoms with Gasteiger partial charge in [0.1, 0.15) is 10.8 Å². The van der Waals surface area contributed by atoms with Crippen LogP contribution in [0.25, 0.3) is 0 Å². The van der Waals surface area contributed by atoms with Crippen LogP contribution in [0.1, 0.15) is 22.6 Å². The van der Waals surface area contributed by atoms with Crippen molar-refractivity contribution in [3.05, 3.63) is 52.4 Å². The third kappa shape index (κ3) is 5.73. The number of aliphatic imine (C=N–C) groups is 1. The molecule has 6 heteroatoms. The van der Waals surface area contributed by atoms with Gasteiger partial charge in [0.25, 0.3) is 0 Å². The van der Waals surface area contributed by atoms with Gasteiger partial charge in [0.05, 0.1) is 12.8 Å². The molecule has 2 heterocycles. The highest BCUT2D eigenvalue weighted by Crippen LogP contribution is 2.11. The average molecular weight is 318 g/mol. The molecule has 22 heavy (non-hydrogen) atoms. The zero-order valence-electron chi connectivity index (χ0n) is 13.1. The summed E-state index contributed by atoms with van der Waals surface area (Å²) in [5.74, 6) is 1.73. The molecule has 0 spiro atoms. The van der Waals surface area contributed by atoms with Gasteiger partial charge >= 0.3 is 0 Å². The van der Waals surface area contributed by atoms with Crippen LogP contribution in [-0.2, 0) is 13.0 Å². The molecule has 0 fully saturated rings. The zero-order valence-corrected chi connectivity index (χ0v) is 13.9. The molecule has 0 unspecified atom stereocenters. The maximum Gasteiger partial charge on any atom is 0.191 e. The van der Waals surface area contributed by atoms with E-state index in [1.54, 1.807) is 17.6 Å². The monoisotopic (exact) mass is 318 g/mol. The van der Waals surface area contributed by atoms with E-state index in [9.17, 15) is 0 Å². The topological polar surface area (TPSA) is 62.5 Å². The lowest BCUT2D eigenvalue weighted by Crippen LogP contribution is -2.39. The molecule has 0 saturated carbocycles. The van der Waals surface area contributed by atoms with Gasteiger partial charge in [-0.1, -0.05) is 12.2 Å². The zero-order chi connectivity index (χ0) is 15.8. The number of aryl methyl sites for hydroxylation is 1. The highest BCUT2D eigenvalue weighted by atomic mass is 32.1. The van der Waals surface area contributed by atoms with Crippen molar-refractivity contribution in [2.45, 2.75) is 26.8 Å². The van der Waals surface area contributed by atoms with Gasteiger partial charge in [-0.3, -0.25) is 0 Å². The van der Waals surface area contributed by atoms with Crippen molar-refractivity contribution in [1.29, 1.82) is 0 Å². The number of hydrogen-bond acceptors (Lipinski definition) is 4. The Balaban J connectivity index is 1.87. The fourth-order valence-corrected chi connectivity index (χ4v) is 2.50. The Bertz CT molecular complexity index is 616. The molecule has 2 aromatic heterocycles. The smallest absolute Gasteiger partial charge is 0.191 e. The number of nitrogens with zero attached hydrogens (tertiary/aromatic N) is 2. The lowest BCUT2D eigenvalue weighted by Gasteiger charge is -2.11. The van der Waals surface area contributed by atoms with Crippen molar-refractivity contribution in [2.75, 3.05) is 13.1 Å². The third-order valence-electron chi connectivity index (χ3n) is 2.84. The van der Waals surface area contributed by atoms with E-state index in [1.165, 1.54) is 4.88 Å². The Labute approximate surface area is 135 Å². The van der Waals surface area contributed by atoms with E-state index in [2.05, 4.69) is 27.2 Å². The molecular weight excluding hydrogens is 296 g/mol. The molecule has 0 radical (unpaired) electrons. The number of furan rings is 1. The van der Waals surface area contributed by atoms with Gasteiger partial charge < -0.3 is 15.1 Å². The van der Waals surface area contributed by atoms with Crippen LogP contribution in [0.4, 0.5) is 0 Å². The summed E-state index contributed by atoms with van der Waals surface area (Å²) in [4.78, 5) is 10.1. The number of thiazole rings is 1. The molecule has 0 aliphatic heterocycles. The Morgan fingerprint density at radius 1 is 1.45 bits per heavy atom. The van der Waals surface area contributed by atoms with Crippen molar-refractivity contribution in [3.8, 4) is 0 Å². The summed E-state index contributed by atoms with van der Waals surface area (Å²) >= 11 is 1.67. The van der Waals surface area contributed by atoms with Crippen molar-refractivity contribution < 1.29 is 4.42 Å². The first kappa shape index (κ1) is 16.3. The van der Waals surface area contributed by atoms with Crippen LogP contribution >= 0.6 is 11.3 Å².